The van der Waals surface area contributed by atoms with Gasteiger partial charge in [0, 0.05) is 38.2 Å². The van der Waals surface area contributed by atoms with Crippen molar-refractivity contribution in [3.63, 3.8) is 0 Å². The van der Waals surface area contributed by atoms with E-state index in [1.54, 1.807) is 0 Å². The van der Waals surface area contributed by atoms with E-state index in [1.807, 2.05) is 0 Å². The number of nitrogens with zero attached hydrogens (tertiary/aromatic N) is 4. The average molecular weight is 789 g/mol. The molecule has 13 aromatic rings. The van der Waals surface area contributed by atoms with Crippen LogP contribution < -0.4 is 0 Å². The summed E-state index contributed by atoms with van der Waals surface area (Å²) in [7, 11) is 0. The summed E-state index contributed by atoms with van der Waals surface area (Å²) in [5.41, 5.74) is 12.9. The van der Waals surface area contributed by atoms with Crippen LogP contribution in [0.3, 0.4) is 0 Å². The summed E-state index contributed by atoms with van der Waals surface area (Å²) < 4.78 is 4.71. The third-order valence-corrected chi connectivity index (χ3v) is 12.6. The summed E-state index contributed by atoms with van der Waals surface area (Å²) in [5.74, 6) is 0.630. The normalized spacial score (nSPS) is 11.9. The van der Waals surface area contributed by atoms with Crippen molar-refractivity contribution < 1.29 is 0 Å². The Balaban J connectivity index is 1.11. The number of hydrogen-bond acceptors (Lipinski definition) is 2. The molecule has 62 heavy (non-hydrogen) atoms. The van der Waals surface area contributed by atoms with Gasteiger partial charge in [-0.3, -0.25) is 4.57 Å². The molecule has 13 rings (SSSR count). The topological polar surface area (TPSA) is 35.6 Å². The molecule has 0 fully saturated rings. The lowest BCUT2D eigenvalue weighted by Crippen LogP contribution is -2.04. The Labute approximate surface area is 357 Å². The Morgan fingerprint density at radius 2 is 0.887 bits per heavy atom. The second-order valence-electron chi connectivity index (χ2n) is 16.2. The maximum atomic E-state index is 5.63. The van der Waals surface area contributed by atoms with Crippen LogP contribution in [0.15, 0.2) is 218 Å². The summed E-state index contributed by atoms with van der Waals surface area (Å²) in [6, 6.07) is 78.7. The molecule has 4 nitrogen and oxygen atoms in total. The van der Waals surface area contributed by atoms with E-state index < -0.39 is 0 Å². The van der Waals surface area contributed by atoms with E-state index in [4.69, 9.17) is 9.97 Å². The van der Waals surface area contributed by atoms with Crippen LogP contribution in [0.25, 0.3) is 121 Å². The molecule has 10 aromatic carbocycles. The van der Waals surface area contributed by atoms with Crippen molar-refractivity contribution in [3.8, 4) is 45.1 Å². The molecule has 0 saturated carbocycles. The highest BCUT2D eigenvalue weighted by atomic mass is 15.2. The molecular formula is C58H36N4. The van der Waals surface area contributed by atoms with Gasteiger partial charge in [0.2, 0.25) is 5.95 Å². The van der Waals surface area contributed by atoms with Crippen molar-refractivity contribution in [3.05, 3.63) is 218 Å². The SMILES string of the molecule is c1ccc(-c2cc(-c3ccccc3)cc(-c3nc(-n4c5cc(-n6c7ccccc7c7c8ccccc8ccc76)ccc5c5cc6ccccc6cc54)nc4ccccc34)c2)cc1. The van der Waals surface area contributed by atoms with Crippen molar-refractivity contribution in [2.24, 2.45) is 0 Å². The second-order valence-corrected chi connectivity index (χ2v) is 16.2. The Kier molecular flexibility index (Phi) is 7.57. The number of fused-ring (bicyclic) bond motifs is 10. The van der Waals surface area contributed by atoms with Crippen molar-refractivity contribution in [1.82, 2.24) is 19.1 Å². The van der Waals surface area contributed by atoms with Crippen molar-refractivity contribution >= 4 is 76.1 Å². The maximum absolute atomic E-state index is 5.63. The van der Waals surface area contributed by atoms with Crippen LogP contribution in [-0.4, -0.2) is 19.1 Å². The minimum Gasteiger partial charge on any atom is -0.309 e. The molecule has 0 aliphatic rings. The molecule has 4 heteroatoms. The molecule has 0 atom stereocenters. The van der Waals surface area contributed by atoms with Crippen LogP contribution in [-0.2, 0) is 0 Å². The van der Waals surface area contributed by atoms with Gasteiger partial charge < -0.3 is 4.57 Å². The molecule has 0 unspecified atom stereocenters. The Morgan fingerprint density at radius 3 is 1.65 bits per heavy atom. The van der Waals surface area contributed by atoms with E-state index in [0.717, 1.165) is 71.9 Å². The molecule has 0 radical (unpaired) electrons. The van der Waals surface area contributed by atoms with Gasteiger partial charge in [0.15, 0.2) is 0 Å². The Bertz CT molecular complexity index is 3860. The van der Waals surface area contributed by atoms with E-state index in [-0.39, 0.29) is 0 Å². The maximum Gasteiger partial charge on any atom is 0.235 e. The summed E-state index contributed by atoms with van der Waals surface area (Å²) in [4.78, 5) is 11.1. The molecule has 288 valence electrons. The van der Waals surface area contributed by atoms with Gasteiger partial charge in [-0.05, 0) is 104 Å². The molecule has 3 heterocycles. The second kappa shape index (κ2) is 13.6. The van der Waals surface area contributed by atoms with Crippen molar-refractivity contribution in [2.45, 2.75) is 0 Å². The molecule has 0 N–H and O–H groups in total. The van der Waals surface area contributed by atoms with Gasteiger partial charge in [-0.25, -0.2) is 9.97 Å². The summed E-state index contributed by atoms with van der Waals surface area (Å²) in [6.07, 6.45) is 0. The van der Waals surface area contributed by atoms with Crippen LogP contribution >= 0.6 is 0 Å². The monoisotopic (exact) mass is 788 g/mol. The first-order valence-electron chi connectivity index (χ1n) is 21.2. The fourth-order valence-corrected chi connectivity index (χ4v) is 9.81. The molecule has 0 bridgehead atoms. The molecule has 0 aliphatic carbocycles. The van der Waals surface area contributed by atoms with E-state index in [2.05, 4.69) is 228 Å². The largest absolute Gasteiger partial charge is 0.309 e. The lowest BCUT2D eigenvalue weighted by Gasteiger charge is -2.15. The predicted molar refractivity (Wildman–Crippen MR) is 260 cm³/mol. The third-order valence-electron chi connectivity index (χ3n) is 12.6. The standard InChI is InChI=1S/C58H36N4/c1-3-15-37(16-4-1)42-31-43(38-17-5-2-6-18-38)33-44(32-42)57-48-23-11-13-25-51(48)59-58(60-57)62-54-35-41-21-8-7-20-40(41)34-50(54)47-29-28-45(36-55(47)62)61-52-26-14-12-24-49(52)56-46-22-10-9-19-39(46)27-30-53(56)61/h1-36H. The lowest BCUT2D eigenvalue weighted by molar-refractivity contribution is 1.01. The molecule has 0 saturated heterocycles. The zero-order chi connectivity index (χ0) is 40.7. The predicted octanol–water partition coefficient (Wildman–Crippen LogP) is 15.1. The summed E-state index contributed by atoms with van der Waals surface area (Å²) in [6.45, 7) is 0. The Hall–Kier alpha value is -8.34. The third kappa shape index (κ3) is 5.33. The number of aromatic nitrogens is 4. The summed E-state index contributed by atoms with van der Waals surface area (Å²) >= 11 is 0. The molecule has 0 aliphatic heterocycles. The van der Waals surface area contributed by atoms with Crippen LogP contribution in [0.2, 0.25) is 0 Å². The van der Waals surface area contributed by atoms with Gasteiger partial charge in [0.05, 0.1) is 33.3 Å². The first-order chi connectivity index (χ1) is 30.7. The van der Waals surface area contributed by atoms with Gasteiger partial charge >= 0.3 is 0 Å². The quantitative estimate of drug-likeness (QED) is 0.174. The number of benzene rings is 10. The lowest BCUT2D eigenvalue weighted by atomic mass is 9.94. The van der Waals surface area contributed by atoms with Gasteiger partial charge in [-0.1, -0.05) is 158 Å². The van der Waals surface area contributed by atoms with Crippen LogP contribution in [0, 0.1) is 0 Å². The smallest absolute Gasteiger partial charge is 0.235 e. The number of hydrogen-bond donors (Lipinski definition) is 0. The number of para-hydroxylation sites is 2. The Morgan fingerprint density at radius 1 is 0.290 bits per heavy atom. The van der Waals surface area contributed by atoms with E-state index in [0.29, 0.717) is 5.95 Å². The van der Waals surface area contributed by atoms with Gasteiger partial charge in [-0.15, -0.1) is 0 Å². The zero-order valence-corrected chi connectivity index (χ0v) is 33.6. The minimum absolute atomic E-state index is 0.630. The van der Waals surface area contributed by atoms with Crippen molar-refractivity contribution in [2.75, 3.05) is 0 Å². The molecule has 0 spiro atoms. The van der Waals surface area contributed by atoms with Gasteiger partial charge in [-0.2, -0.15) is 0 Å². The molecule has 0 amide bonds. The molecular weight excluding hydrogens is 753 g/mol. The first kappa shape index (κ1) is 34.5. The highest BCUT2D eigenvalue weighted by Crippen LogP contribution is 2.41. The summed E-state index contributed by atoms with van der Waals surface area (Å²) in [5, 5.41) is 10.7. The highest BCUT2D eigenvalue weighted by Gasteiger charge is 2.21. The minimum atomic E-state index is 0.630. The van der Waals surface area contributed by atoms with E-state index in [9.17, 15) is 0 Å². The van der Waals surface area contributed by atoms with Crippen LogP contribution in [0.1, 0.15) is 0 Å². The van der Waals surface area contributed by atoms with Crippen molar-refractivity contribution in [1.29, 1.82) is 0 Å². The number of rotatable bonds is 5. The van der Waals surface area contributed by atoms with Crippen LogP contribution in [0.4, 0.5) is 0 Å². The fourth-order valence-electron chi connectivity index (χ4n) is 9.81. The van der Waals surface area contributed by atoms with Gasteiger partial charge in [0.1, 0.15) is 0 Å². The first-order valence-corrected chi connectivity index (χ1v) is 21.2. The average Bonchev–Trinajstić information content (AvgIpc) is 3.85. The highest BCUT2D eigenvalue weighted by molar-refractivity contribution is 6.21. The van der Waals surface area contributed by atoms with E-state index in [1.165, 1.54) is 43.4 Å². The van der Waals surface area contributed by atoms with Crippen LogP contribution in [0.5, 0.6) is 0 Å². The van der Waals surface area contributed by atoms with E-state index >= 15 is 0 Å². The van der Waals surface area contributed by atoms with Gasteiger partial charge in [0.25, 0.3) is 0 Å². The molecule has 3 aromatic heterocycles. The fraction of sp³-hybridized carbons (Fsp3) is 0. The zero-order valence-electron chi connectivity index (χ0n) is 33.6.